The molecule has 0 aromatic heterocycles. The van der Waals surface area contributed by atoms with Gasteiger partial charge in [-0.2, -0.15) is 0 Å². The third-order valence-corrected chi connectivity index (χ3v) is 4.66. The fourth-order valence-corrected chi connectivity index (χ4v) is 3.51. The molecule has 2 unspecified atom stereocenters. The van der Waals surface area contributed by atoms with E-state index < -0.39 is 8.15 Å². The van der Waals surface area contributed by atoms with Crippen molar-refractivity contribution in [3.05, 3.63) is 42.5 Å². The second-order valence-corrected chi connectivity index (χ2v) is 5.92. The molecule has 1 aromatic carbocycles. The van der Waals surface area contributed by atoms with E-state index in [0.717, 1.165) is 13.0 Å². The monoisotopic (exact) mass is 244 g/mol. The molecule has 0 N–H and O–H groups in total. The Labute approximate surface area is 105 Å². The van der Waals surface area contributed by atoms with Crippen molar-refractivity contribution in [2.45, 2.75) is 25.4 Å². The molecule has 2 rings (SSSR count). The summed E-state index contributed by atoms with van der Waals surface area (Å²) in [5.74, 6) is 6.24. The number of benzene rings is 1. The number of hydrogen-bond acceptors (Lipinski definition) is 1. The van der Waals surface area contributed by atoms with Crippen molar-refractivity contribution in [2.75, 3.05) is 6.61 Å². The van der Waals surface area contributed by atoms with Crippen LogP contribution >= 0.6 is 8.15 Å². The molecule has 0 spiro atoms. The van der Waals surface area contributed by atoms with E-state index in [9.17, 15) is 0 Å². The van der Waals surface area contributed by atoms with E-state index in [1.165, 1.54) is 11.7 Å². The molecule has 2 heteroatoms. The topological polar surface area (TPSA) is 9.23 Å². The third kappa shape index (κ3) is 3.43. The van der Waals surface area contributed by atoms with Gasteiger partial charge in [-0.1, -0.05) is 61.6 Å². The molecule has 0 radical (unpaired) electrons. The first-order valence-electron chi connectivity index (χ1n) is 6.06. The van der Waals surface area contributed by atoms with Gasteiger partial charge in [-0.05, 0) is 12.5 Å². The standard InChI is InChI=1S/C15H17OP/c1-2-3-13-16-17(15-11-7-8-12-15)14-9-5-4-6-10-14/h4-7,9-11,15H,2-3,13H2,1H3. The van der Waals surface area contributed by atoms with E-state index in [1.807, 2.05) is 12.1 Å². The average Bonchev–Trinajstić information content (AvgIpc) is 2.89. The van der Waals surface area contributed by atoms with Gasteiger partial charge in [-0.3, -0.25) is 0 Å². The first-order valence-corrected chi connectivity index (χ1v) is 7.39. The largest absolute Gasteiger partial charge is 0.353 e. The molecule has 0 heterocycles. The Morgan fingerprint density at radius 3 is 2.76 bits per heavy atom. The minimum atomic E-state index is -0.629. The van der Waals surface area contributed by atoms with Crippen LogP contribution < -0.4 is 5.30 Å². The van der Waals surface area contributed by atoms with Crippen LogP contribution in [-0.2, 0) is 4.52 Å². The predicted molar refractivity (Wildman–Crippen MR) is 74.6 cm³/mol. The van der Waals surface area contributed by atoms with Gasteiger partial charge in [0.05, 0.1) is 20.4 Å². The normalized spacial score (nSPS) is 18.8. The molecule has 0 aliphatic heterocycles. The minimum absolute atomic E-state index is 0.268. The van der Waals surface area contributed by atoms with Crippen LogP contribution in [0, 0.1) is 11.8 Å². The highest BCUT2D eigenvalue weighted by atomic mass is 31.1. The second kappa shape index (κ2) is 6.60. The van der Waals surface area contributed by atoms with Crippen LogP contribution in [0.4, 0.5) is 0 Å². The van der Waals surface area contributed by atoms with Gasteiger partial charge in [-0.25, -0.2) is 0 Å². The van der Waals surface area contributed by atoms with E-state index in [2.05, 4.69) is 49.1 Å². The van der Waals surface area contributed by atoms with E-state index in [1.54, 1.807) is 0 Å². The second-order valence-electron chi connectivity index (χ2n) is 3.94. The molecule has 1 aliphatic carbocycles. The maximum Gasteiger partial charge on any atom is 0.0879 e. The number of rotatable bonds is 6. The van der Waals surface area contributed by atoms with Crippen LogP contribution in [0.15, 0.2) is 42.5 Å². The Balaban J connectivity index is 2.08. The Bertz CT molecular complexity index is 427. The molecule has 1 nitrogen and oxygen atoms in total. The van der Waals surface area contributed by atoms with E-state index in [4.69, 9.17) is 4.52 Å². The van der Waals surface area contributed by atoms with Crippen molar-refractivity contribution in [3.8, 4) is 11.8 Å². The van der Waals surface area contributed by atoms with E-state index in [0.29, 0.717) is 0 Å². The van der Waals surface area contributed by atoms with Crippen molar-refractivity contribution in [3.63, 3.8) is 0 Å². The molecule has 17 heavy (non-hydrogen) atoms. The highest BCUT2D eigenvalue weighted by Crippen LogP contribution is 2.43. The summed E-state index contributed by atoms with van der Waals surface area (Å²) in [5, 5.41) is 1.28. The molecule has 0 saturated carbocycles. The van der Waals surface area contributed by atoms with Crippen LogP contribution in [0.5, 0.6) is 0 Å². The molecule has 88 valence electrons. The van der Waals surface area contributed by atoms with Crippen molar-refractivity contribution < 1.29 is 4.52 Å². The first kappa shape index (κ1) is 12.4. The highest BCUT2D eigenvalue weighted by molar-refractivity contribution is 7.62. The Morgan fingerprint density at radius 2 is 2.12 bits per heavy atom. The van der Waals surface area contributed by atoms with Gasteiger partial charge >= 0.3 is 0 Å². The molecule has 0 fully saturated rings. The maximum absolute atomic E-state index is 6.06. The van der Waals surface area contributed by atoms with Crippen LogP contribution in [-0.4, -0.2) is 12.3 Å². The Hall–Kier alpha value is -1.09. The summed E-state index contributed by atoms with van der Waals surface area (Å²) in [7, 11) is -0.629. The minimum Gasteiger partial charge on any atom is -0.353 e. The van der Waals surface area contributed by atoms with Crippen molar-refractivity contribution in [2.24, 2.45) is 0 Å². The van der Waals surface area contributed by atoms with E-state index >= 15 is 0 Å². The zero-order valence-electron chi connectivity index (χ0n) is 10.1. The third-order valence-electron chi connectivity index (χ3n) is 2.58. The molecular weight excluding hydrogens is 227 g/mol. The fourth-order valence-electron chi connectivity index (χ4n) is 1.66. The van der Waals surface area contributed by atoms with Crippen LogP contribution in [0.3, 0.4) is 0 Å². The fraction of sp³-hybridized carbons (Fsp3) is 0.333. The molecule has 1 aliphatic rings. The molecule has 0 saturated heterocycles. The zero-order chi connectivity index (χ0) is 11.9. The van der Waals surface area contributed by atoms with Crippen LogP contribution in [0.2, 0.25) is 0 Å². The predicted octanol–water partition coefficient (Wildman–Crippen LogP) is 3.47. The van der Waals surface area contributed by atoms with Gasteiger partial charge in [0.2, 0.25) is 0 Å². The molecule has 0 bridgehead atoms. The van der Waals surface area contributed by atoms with Crippen molar-refractivity contribution >= 4 is 13.5 Å². The number of allylic oxidation sites excluding steroid dienone is 2. The summed E-state index contributed by atoms with van der Waals surface area (Å²) >= 11 is 0. The van der Waals surface area contributed by atoms with Crippen molar-refractivity contribution in [1.29, 1.82) is 0 Å². The highest BCUT2D eigenvalue weighted by Gasteiger charge is 2.21. The molecule has 2 atom stereocenters. The van der Waals surface area contributed by atoms with Gasteiger partial charge in [0.15, 0.2) is 0 Å². The first-order chi connectivity index (χ1) is 8.42. The lowest BCUT2D eigenvalue weighted by Gasteiger charge is -2.20. The number of hydrogen-bond donors (Lipinski definition) is 0. The summed E-state index contributed by atoms with van der Waals surface area (Å²) in [6.45, 7) is 3.02. The zero-order valence-corrected chi connectivity index (χ0v) is 11.0. The smallest absolute Gasteiger partial charge is 0.0879 e. The summed E-state index contributed by atoms with van der Waals surface area (Å²) in [6, 6.07) is 10.5. The summed E-state index contributed by atoms with van der Waals surface area (Å²) in [5.41, 5.74) is 0.268. The van der Waals surface area contributed by atoms with Crippen LogP contribution in [0.25, 0.3) is 0 Å². The molecular formula is C15H17OP. The van der Waals surface area contributed by atoms with E-state index in [-0.39, 0.29) is 5.66 Å². The van der Waals surface area contributed by atoms with Gasteiger partial charge in [-0.15, -0.1) is 0 Å². The van der Waals surface area contributed by atoms with Gasteiger partial charge in [0.1, 0.15) is 0 Å². The SMILES string of the molecule is CCCCOP(c1ccccc1)C1C#CC=C1. The lowest BCUT2D eigenvalue weighted by atomic mass is 10.4. The Morgan fingerprint density at radius 1 is 1.29 bits per heavy atom. The Kier molecular flexibility index (Phi) is 4.80. The van der Waals surface area contributed by atoms with Gasteiger partial charge in [0, 0.05) is 5.30 Å². The maximum atomic E-state index is 6.06. The molecule has 1 aromatic rings. The van der Waals surface area contributed by atoms with Crippen molar-refractivity contribution in [1.82, 2.24) is 0 Å². The average molecular weight is 244 g/mol. The molecule has 0 amide bonds. The summed E-state index contributed by atoms with van der Waals surface area (Å²) < 4.78 is 6.06. The quantitative estimate of drug-likeness (QED) is 0.423. The van der Waals surface area contributed by atoms with Gasteiger partial charge in [0.25, 0.3) is 0 Å². The van der Waals surface area contributed by atoms with Crippen LogP contribution in [0.1, 0.15) is 19.8 Å². The summed E-state index contributed by atoms with van der Waals surface area (Å²) in [6.07, 6.45) is 6.36. The lowest BCUT2D eigenvalue weighted by Crippen LogP contribution is -2.12. The van der Waals surface area contributed by atoms with Gasteiger partial charge < -0.3 is 4.52 Å². The number of unbranched alkanes of at least 4 members (excludes halogenated alkanes) is 1. The summed E-state index contributed by atoms with van der Waals surface area (Å²) in [4.78, 5) is 0. The lowest BCUT2D eigenvalue weighted by molar-refractivity contribution is 0.345.